The number of carbonyl (C=O) groups is 1. The lowest BCUT2D eigenvalue weighted by atomic mass is 9.78. The number of thioether (sulfide) groups is 1. The summed E-state index contributed by atoms with van der Waals surface area (Å²) in [6.07, 6.45) is -2.13. The number of hydrogen-bond acceptors (Lipinski definition) is 5. The summed E-state index contributed by atoms with van der Waals surface area (Å²) in [5.41, 5.74) is -1.91. The van der Waals surface area contributed by atoms with Gasteiger partial charge in [0.1, 0.15) is 0 Å². The van der Waals surface area contributed by atoms with E-state index in [4.69, 9.17) is 9.31 Å². The van der Waals surface area contributed by atoms with Crippen molar-refractivity contribution in [3.63, 3.8) is 0 Å². The lowest BCUT2D eigenvalue weighted by molar-refractivity contribution is -0.141. The van der Waals surface area contributed by atoms with Crippen molar-refractivity contribution in [2.75, 3.05) is 5.75 Å². The van der Waals surface area contributed by atoms with Gasteiger partial charge < -0.3 is 9.31 Å². The summed E-state index contributed by atoms with van der Waals surface area (Å²) < 4.78 is 51.5. The summed E-state index contributed by atoms with van der Waals surface area (Å²) in [5.74, 6) is 0.165. The van der Waals surface area contributed by atoms with Crippen LogP contribution in [-0.4, -0.2) is 34.2 Å². The van der Waals surface area contributed by atoms with E-state index < -0.39 is 30.2 Å². The van der Waals surface area contributed by atoms with Gasteiger partial charge in [-0.25, -0.2) is 0 Å². The number of halogens is 3. The van der Waals surface area contributed by atoms with Gasteiger partial charge in [0.05, 0.1) is 11.2 Å². The summed E-state index contributed by atoms with van der Waals surface area (Å²) >= 11 is 0.990. The van der Waals surface area contributed by atoms with Crippen molar-refractivity contribution in [3.8, 4) is 0 Å². The first-order valence-corrected chi connectivity index (χ1v) is 9.04. The lowest BCUT2D eigenvalue weighted by Gasteiger charge is -2.32. The molecule has 4 nitrogen and oxygen atoms in total. The van der Waals surface area contributed by atoms with Gasteiger partial charge in [0.25, 0.3) is 0 Å². The van der Waals surface area contributed by atoms with Gasteiger partial charge in [-0.2, -0.15) is 13.2 Å². The van der Waals surface area contributed by atoms with Gasteiger partial charge in [-0.15, -0.1) is 0 Å². The molecule has 1 aliphatic rings. The van der Waals surface area contributed by atoms with Gasteiger partial charge in [0.15, 0.2) is 10.8 Å². The standard InChI is InChI=1S/C17H21BF3NO3S/c1-11(23)26-10-13(18-24-15(2,3)16(4,5)25-18)9-12-7-6-8-22-14(12)17(19,20)21/h6-9H,10H2,1-5H3. The van der Waals surface area contributed by atoms with Crippen LogP contribution in [-0.2, 0) is 20.3 Å². The zero-order valence-corrected chi connectivity index (χ0v) is 16.1. The minimum atomic E-state index is -4.58. The van der Waals surface area contributed by atoms with Crippen molar-refractivity contribution in [2.24, 2.45) is 0 Å². The Morgan fingerprint density at radius 3 is 2.35 bits per heavy atom. The molecule has 0 spiro atoms. The Morgan fingerprint density at radius 2 is 1.85 bits per heavy atom. The normalized spacial score (nSPS) is 19.7. The first-order chi connectivity index (χ1) is 11.8. The molecular formula is C17H21BF3NO3S. The maximum atomic E-state index is 13.2. The van der Waals surface area contributed by atoms with Crippen molar-refractivity contribution in [1.82, 2.24) is 4.98 Å². The van der Waals surface area contributed by atoms with Crippen molar-refractivity contribution >= 4 is 30.1 Å². The van der Waals surface area contributed by atoms with E-state index in [1.165, 1.54) is 25.1 Å². The molecule has 26 heavy (non-hydrogen) atoms. The van der Waals surface area contributed by atoms with Crippen molar-refractivity contribution < 1.29 is 27.3 Å². The Bertz CT molecular complexity index is 703. The van der Waals surface area contributed by atoms with E-state index in [9.17, 15) is 18.0 Å². The molecule has 0 atom stereocenters. The smallest absolute Gasteiger partial charge is 0.400 e. The second-order valence-corrected chi connectivity index (χ2v) is 8.18. The summed E-state index contributed by atoms with van der Waals surface area (Å²) in [4.78, 5) is 14.8. The molecule has 0 bridgehead atoms. The van der Waals surface area contributed by atoms with Crippen LogP contribution in [0.25, 0.3) is 6.08 Å². The summed E-state index contributed by atoms with van der Waals surface area (Å²) in [5, 5.41) is -0.144. The number of aromatic nitrogens is 1. The van der Waals surface area contributed by atoms with E-state index in [0.29, 0.717) is 5.47 Å². The quantitative estimate of drug-likeness (QED) is 0.717. The topological polar surface area (TPSA) is 48.4 Å². The highest BCUT2D eigenvalue weighted by atomic mass is 32.2. The Morgan fingerprint density at radius 1 is 1.27 bits per heavy atom. The number of rotatable bonds is 4. The largest absolute Gasteiger partial charge is 0.491 e. The van der Waals surface area contributed by atoms with E-state index in [2.05, 4.69) is 4.98 Å². The number of alkyl halides is 3. The monoisotopic (exact) mass is 387 g/mol. The maximum absolute atomic E-state index is 13.2. The van der Waals surface area contributed by atoms with Crippen LogP contribution in [0.2, 0.25) is 0 Å². The van der Waals surface area contributed by atoms with Crippen LogP contribution in [0.5, 0.6) is 0 Å². The minimum Gasteiger partial charge on any atom is -0.400 e. The van der Waals surface area contributed by atoms with Gasteiger partial charge in [-0.3, -0.25) is 9.78 Å². The van der Waals surface area contributed by atoms with Crippen LogP contribution in [0.15, 0.2) is 23.8 Å². The molecule has 1 fully saturated rings. The second kappa shape index (κ2) is 7.36. The van der Waals surface area contributed by atoms with Crippen LogP contribution >= 0.6 is 11.8 Å². The highest BCUT2D eigenvalue weighted by Crippen LogP contribution is 2.40. The third-order valence-corrected chi connectivity index (χ3v) is 5.33. The summed E-state index contributed by atoms with van der Waals surface area (Å²) in [6.45, 7) is 8.82. The van der Waals surface area contributed by atoms with E-state index in [-0.39, 0.29) is 16.4 Å². The molecule has 2 heterocycles. The van der Waals surface area contributed by atoms with Crippen LogP contribution in [0, 0.1) is 0 Å². The Hall–Kier alpha value is -1.32. The minimum absolute atomic E-state index is 0.0890. The van der Waals surface area contributed by atoms with Crippen molar-refractivity contribution in [1.29, 1.82) is 0 Å². The van der Waals surface area contributed by atoms with Crippen LogP contribution < -0.4 is 0 Å². The molecule has 142 valence electrons. The molecule has 9 heteroatoms. The average Bonchev–Trinajstić information content (AvgIpc) is 2.71. The Balaban J connectivity index is 2.44. The number of pyridine rings is 1. The molecule has 0 aromatic carbocycles. The molecule has 0 unspecified atom stereocenters. The molecule has 0 radical (unpaired) electrons. The molecular weight excluding hydrogens is 366 g/mol. The Labute approximate surface area is 155 Å². The van der Waals surface area contributed by atoms with E-state index in [0.717, 1.165) is 18.0 Å². The molecule has 0 saturated carbocycles. The van der Waals surface area contributed by atoms with Crippen LogP contribution in [0.1, 0.15) is 45.9 Å². The molecule has 2 rings (SSSR count). The van der Waals surface area contributed by atoms with Gasteiger partial charge in [-0.05, 0) is 39.2 Å². The lowest BCUT2D eigenvalue weighted by Crippen LogP contribution is -2.41. The second-order valence-electron chi connectivity index (χ2n) is 7.03. The Kier molecular flexibility index (Phi) is 5.94. The molecule has 1 aromatic heterocycles. The zero-order valence-electron chi connectivity index (χ0n) is 15.3. The van der Waals surface area contributed by atoms with Crippen LogP contribution in [0.3, 0.4) is 0 Å². The first kappa shape index (κ1) is 21.0. The number of hydrogen-bond donors (Lipinski definition) is 0. The average molecular weight is 387 g/mol. The highest BCUT2D eigenvalue weighted by Gasteiger charge is 2.52. The third kappa shape index (κ3) is 4.69. The molecule has 0 N–H and O–H groups in total. The van der Waals surface area contributed by atoms with Gasteiger partial charge >= 0.3 is 13.3 Å². The van der Waals surface area contributed by atoms with Crippen LogP contribution in [0.4, 0.5) is 13.2 Å². The fraction of sp³-hybridized carbons (Fsp3) is 0.529. The number of carbonyl (C=O) groups excluding carboxylic acids is 1. The summed E-state index contributed by atoms with van der Waals surface area (Å²) in [6, 6.07) is 2.76. The number of nitrogens with zero attached hydrogens (tertiary/aromatic N) is 1. The van der Waals surface area contributed by atoms with Gasteiger partial charge in [-0.1, -0.05) is 23.9 Å². The van der Waals surface area contributed by atoms with E-state index >= 15 is 0 Å². The molecule has 1 aliphatic heterocycles. The molecule has 0 aliphatic carbocycles. The predicted molar refractivity (Wildman–Crippen MR) is 96.4 cm³/mol. The molecule has 1 saturated heterocycles. The highest BCUT2D eigenvalue weighted by molar-refractivity contribution is 8.13. The molecule has 1 aromatic rings. The fourth-order valence-electron chi connectivity index (χ4n) is 2.33. The van der Waals surface area contributed by atoms with E-state index in [1.54, 1.807) is 0 Å². The maximum Gasteiger partial charge on any atom is 0.491 e. The fourth-order valence-corrected chi connectivity index (χ4v) is 2.92. The van der Waals surface area contributed by atoms with Gasteiger partial charge in [0, 0.05) is 24.4 Å². The predicted octanol–water partition coefficient (Wildman–Crippen LogP) is 4.39. The van der Waals surface area contributed by atoms with Crippen molar-refractivity contribution in [2.45, 2.75) is 52.0 Å². The first-order valence-electron chi connectivity index (χ1n) is 8.05. The SMILES string of the molecule is CC(=O)SCC(=Cc1cccnc1C(F)(F)F)B1OC(C)(C)C(C)(C)O1. The zero-order chi connectivity index (χ0) is 19.8. The van der Waals surface area contributed by atoms with Gasteiger partial charge in [0.2, 0.25) is 0 Å². The van der Waals surface area contributed by atoms with Crippen molar-refractivity contribution in [3.05, 3.63) is 35.1 Å². The molecule has 0 amide bonds. The third-order valence-electron chi connectivity index (χ3n) is 4.45. The summed E-state index contributed by atoms with van der Waals surface area (Å²) in [7, 11) is -0.840. The van der Waals surface area contributed by atoms with E-state index in [1.807, 2.05) is 27.7 Å².